The summed E-state index contributed by atoms with van der Waals surface area (Å²) in [5, 5.41) is 12.5. The van der Waals surface area contributed by atoms with Crippen molar-refractivity contribution in [1.29, 1.82) is 0 Å². The molecule has 2 heterocycles. The fourth-order valence-electron chi connectivity index (χ4n) is 3.15. The average molecular weight is 340 g/mol. The van der Waals surface area contributed by atoms with Gasteiger partial charge in [0.2, 0.25) is 5.95 Å². The zero-order chi connectivity index (χ0) is 17.8. The molecule has 0 bridgehead atoms. The maximum atomic E-state index is 11.1. The SMILES string of the molecule is Cc1cc(N2CCC(C(=O)O)CC2)nc(NC(C)c2ccccc2)n1. The first-order chi connectivity index (χ1) is 12.0. The fraction of sp³-hybridized carbons (Fsp3) is 0.421. The molecule has 2 N–H and O–H groups in total. The van der Waals surface area contributed by atoms with E-state index in [0.717, 1.165) is 11.5 Å². The van der Waals surface area contributed by atoms with Crippen LogP contribution in [0.15, 0.2) is 36.4 Å². The van der Waals surface area contributed by atoms with E-state index in [4.69, 9.17) is 5.11 Å². The lowest BCUT2D eigenvalue weighted by molar-refractivity contribution is -0.142. The number of aliphatic carboxylic acids is 1. The average Bonchev–Trinajstić information content (AvgIpc) is 2.62. The number of rotatable bonds is 5. The number of aryl methyl sites for hydroxylation is 1. The van der Waals surface area contributed by atoms with Crippen molar-refractivity contribution >= 4 is 17.7 Å². The second-order valence-corrected chi connectivity index (χ2v) is 6.57. The molecule has 0 saturated carbocycles. The number of piperidine rings is 1. The third kappa shape index (κ3) is 4.26. The summed E-state index contributed by atoms with van der Waals surface area (Å²) in [6.45, 7) is 5.45. The number of nitrogens with one attached hydrogen (secondary N) is 1. The van der Waals surface area contributed by atoms with E-state index in [0.29, 0.717) is 31.9 Å². The maximum absolute atomic E-state index is 11.1. The predicted molar refractivity (Wildman–Crippen MR) is 97.8 cm³/mol. The number of anilines is 2. The van der Waals surface area contributed by atoms with E-state index in [-0.39, 0.29) is 12.0 Å². The number of aromatic nitrogens is 2. The van der Waals surface area contributed by atoms with Crippen molar-refractivity contribution in [3.8, 4) is 0 Å². The minimum atomic E-state index is -0.697. The summed E-state index contributed by atoms with van der Waals surface area (Å²) in [5.41, 5.74) is 2.07. The van der Waals surface area contributed by atoms with Gasteiger partial charge in [-0.1, -0.05) is 30.3 Å². The molecule has 3 rings (SSSR count). The molecule has 1 aliphatic rings. The Kier molecular flexibility index (Phi) is 5.16. The highest BCUT2D eigenvalue weighted by Gasteiger charge is 2.25. The third-order valence-electron chi connectivity index (χ3n) is 4.65. The van der Waals surface area contributed by atoms with Crippen molar-refractivity contribution in [1.82, 2.24) is 9.97 Å². The topological polar surface area (TPSA) is 78.4 Å². The Morgan fingerprint density at radius 3 is 2.56 bits per heavy atom. The minimum Gasteiger partial charge on any atom is -0.481 e. The Balaban J connectivity index is 1.72. The molecule has 1 fully saturated rings. The molecule has 1 aromatic heterocycles. The molecular weight excluding hydrogens is 316 g/mol. The highest BCUT2D eigenvalue weighted by atomic mass is 16.4. The Morgan fingerprint density at radius 2 is 1.92 bits per heavy atom. The molecule has 0 spiro atoms. The minimum absolute atomic E-state index is 0.105. The molecule has 1 atom stereocenters. The van der Waals surface area contributed by atoms with Gasteiger partial charge in [0.05, 0.1) is 12.0 Å². The second-order valence-electron chi connectivity index (χ2n) is 6.57. The monoisotopic (exact) mass is 340 g/mol. The van der Waals surface area contributed by atoms with Crippen molar-refractivity contribution in [2.45, 2.75) is 32.7 Å². The lowest BCUT2D eigenvalue weighted by Crippen LogP contribution is -2.37. The molecule has 2 aromatic rings. The molecule has 0 radical (unpaired) electrons. The molecule has 0 amide bonds. The van der Waals surface area contributed by atoms with Crippen molar-refractivity contribution in [2.75, 3.05) is 23.3 Å². The first kappa shape index (κ1) is 17.2. The summed E-state index contributed by atoms with van der Waals surface area (Å²) in [6, 6.07) is 12.2. The van der Waals surface area contributed by atoms with Gasteiger partial charge in [-0.25, -0.2) is 4.98 Å². The fourth-order valence-corrected chi connectivity index (χ4v) is 3.15. The first-order valence-corrected chi connectivity index (χ1v) is 8.68. The van der Waals surface area contributed by atoms with Crippen LogP contribution in [0.4, 0.5) is 11.8 Å². The second kappa shape index (κ2) is 7.51. The number of carboxylic acid groups (broad SMARTS) is 1. The van der Waals surface area contributed by atoms with Gasteiger partial charge in [-0.15, -0.1) is 0 Å². The Hall–Kier alpha value is -2.63. The van der Waals surface area contributed by atoms with E-state index >= 15 is 0 Å². The standard InChI is InChI=1S/C19H24N4O2/c1-13-12-17(23-10-8-16(9-11-23)18(24)25)22-19(20-13)21-14(2)15-6-4-3-5-7-15/h3-7,12,14,16H,8-11H2,1-2H3,(H,24,25)(H,20,21,22). The number of hydrogen-bond acceptors (Lipinski definition) is 5. The van der Waals surface area contributed by atoms with Crippen molar-refractivity contribution in [3.63, 3.8) is 0 Å². The molecule has 25 heavy (non-hydrogen) atoms. The van der Waals surface area contributed by atoms with Gasteiger partial charge in [0.15, 0.2) is 0 Å². The number of benzene rings is 1. The van der Waals surface area contributed by atoms with E-state index in [2.05, 4.69) is 39.2 Å². The predicted octanol–water partition coefficient (Wildman–Crippen LogP) is 3.26. The van der Waals surface area contributed by atoms with Crippen LogP contribution in [0.25, 0.3) is 0 Å². The molecule has 6 heteroatoms. The number of carbonyl (C=O) groups is 1. The summed E-state index contributed by atoms with van der Waals surface area (Å²) in [5.74, 6) is 0.526. The molecule has 1 unspecified atom stereocenters. The molecule has 0 aliphatic carbocycles. The molecular formula is C19H24N4O2. The summed E-state index contributed by atoms with van der Waals surface area (Å²) in [7, 11) is 0. The van der Waals surface area contributed by atoms with Crippen LogP contribution in [0.3, 0.4) is 0 Å². The lowest BCUT2D eigenvalue weighted by Gasteiger charge is -2.31. The zero-order valence-electron chi connectivity index (χ0n) is 14.6. The number of carboxylic acids is 1. The highest BCUT2D eigenvalue weighted by Crippen LogP contribution is 2.24. The van der Waals surface area contributed by atoms with E-state index < -0.39 is 5.97 Å². The largest absolute Gasteiger partial charge is 0.481 e. The smallest absolute Gasteiger partial charge is 0.306 e. The molecule has 6 nitrogen and oxygen atoms in total. The van der Waals surface area contributed by atoms with Gasteiger partial charge < -0.3 is 15.3 Å². The summed E-state index contributed by atoms with van der Waals surface area (Å²) in [6.07, 6.45) is 1.31. The van der Waals surface area contributed by atoms with Crippen LogP contribution in [0.5, 0.6) is 0 Å². The van der Waals surface area contributed by atoms with Gasteiger partial charge in [0.25, 0.3) is 0 Å². The zero-order valence-corrected chi connectivity index (χ0v) is 14.6. The Morgan fingerprint density at radius 1 is 1.24 bits per heavy atom. The van der Waals surface area contributed by atoms with E-state index in [1.165, 1.54) is 5.56 Å². The quantitative estimate of drug-likeness (QED) is 0.870. The van der Waals surface area contributed by atoms with Crippen LogP contribution < -0.4 is 10.2 Å². The van der Waals surface area contributed by atoms with Crippen molar-refractivity contribution in [3.05, 3.63) is 47.7 Å². The molecule has 1 aromatic carbocycles. The Bertz CT molecular complexity index is 727. The summed E-state index contributed by atoms with van der Waals surface area (Å²) >= 11 is 0. The summed E-state index contributed by atoms with van der Waals surface area (Å²) in [4.78, 5) is 22.4. The van der Waals surface area contributed by atoms with Crippen LogP contribution in [0.2, 0.25) is 0 Å². The van der Waals surface area contributed by atoms with E-state index in [9.17, 15) is 4.79 Å². The van der Waals surface area contributed by atoms with Crippen LogP contribution in [0.1, 0.15) is 37.1 Å². The van der Waals surface area contributed by atoms with Crippen LogP contribution >= 0.6 is 0 Å². The van der Waals surface area contributed by atoms with Gasteiger partial charge in [0.1, 0.15) is 5.82 Å². The third-order valence-corrected chi connectivity index (χ3v) is 4.65. The first-order valence-electron chi connectivity index (χ1n) is 8.68. The van der Waals surface area contributed by atoms with Crippen LogP contribution in [0, 0.1) is 12.8 Å². The van der Waals surface area contributed by atoms with Gasteiger partial charge in [0, 0.05) is 24.8 Å². The molecule has 132 valence electrons. The van der Waals surface area contributed by atoms with E-state index in [1.54, 1.807) is 0 Å². The lowest BCUT2D eigenvalue weighted by atomic mass is 9.97. The van der Waals surface area contributed by atoms with Crippen molar-refractivity contribution < 1.29 is 9.90 Å². The van der Waals surface area contributed by atoms with Crippen LogP contribution in [-0.4, -0.2) is 34.1 Å². The normalized spacial score (nSPS) is 16.5. The summed E-state index contributed by atoms with van der Waals surface area (Å²) < 4.78 is 0. The Labute approximate surface area is 147 Å². The van der Waals surface area contributed by atoms with Gasteiger partial charge in [-0.2, -0.15) is 4.98 Å². The van der Waals surface area contributed by atoms with Gasteiger partial charge in [-0.3, -0.25) is 4.79 Å². The van der Waals surface area contributed by atoms with Crippen molar-refractivity contribution in [2.24, 2.45) is 5.92 Å². The highest BCUT2D eigenvalue weighted by molar-refractivity contribution is 5.70. The number of nitrogens with zero attached hydrogens (tertiary/aromatic N) is 3. The maximum Gasteiger partial charge on any atom is 0.306 e. The molecule has 1 aliphatic heterocycles. The van der Waals surface area contributed by atoms with E-state index in [1.807, 2.05) is 31.2 Å². The van der Waals surface area contributed by atoms with Gasteiger partial charge in [-0.05, 0) is 32.3 Å². The van der Waals surface area contributed by atoms with Gasteiger partial charge >= 0.3 is 5.97 Å². The van der Waals surface area contributed by atoms with Crippen LogP contribution in [-0.2, 0) is 4.79 Å². The number of hydrogen-bond donors (Lipinski definition) is 2. The molecule has 1 saturated heterocycles.